The fourth-order valence-corrected chi connectivity index (χ4v) is 1.35. The first-order valence-corrected chi connectivity index (χ1v) is 5.90. The molecule has 0 N–H and O–H groups in total. The van der Waals surface area contributed by atoms with Gasteiger partial charge in [-0.05, 0) is 26.2 Å². The predicted molar refractivity (Wildman–Crippen MR) is 59.2 cm³/mol. The van der Waals surface area contributed by atoms with Crippen molar-refractivity contribution in [2.24, 2.45) is 0 Å². The average molecular weight is 200 g/mol. The largest absolute Gasteiger partial charge is 0.463 e. The average Bonchev–Trinajstić information content (AvgIpc) is 2.15. The smallest absolute Gasteiger partial charge is 0.306 e. The number of carbonyl (C=O) groups is 1. The van der Waals surface area contributed by atoms with Crippen molar-refractivity contribution in [1.29, 1.82) is 0 Å². The minimum atomic E-state index is -0.0316. The van der Waals surface area contributed by atoms with E-state index in [0.29, 0.717) is 6.42 Å². The van der Waals surface area contributed by atoms with E-state index in [9.17, 15) is 4.79 Å². The molecule has 84 valence electrons. The molecule has 0 unspecified atom stereocenters. The molecule has 0 amide bonds. The number of unbranched alkanes of at least 4 members (excludes halogenated alkanes) is 3. The Labute approximate surface area is 88.0 Å². The normalized spacial score (nSPS) is 12.5. The molecule has 1 atom stereocenters. The Kier molecular flexibility index (Phi) is 8.70. The SMILES string of the molecule is CCCCC[C@@H](C)OC(=O)CCCC. The third-order valence-electron chi connectivity index (χ3n) is 2.28. The summed E-state index contributed by atoms with van der Waals surface area (Å²) in [6, 6.07) is 0. The molecule has 0 aromatic carbocycles. The molecule has 0 aromatic heterocycles. The molecule has 0 aliphatic heterocycles. The van der Waals surface area contributed by atoms with E-state index >= 15 is 0 Å². The molecule has 0 heterocycles. The molecular weight excluding hydrogens is 176 g/mol. The maximum absolute atomic E-state index is 11.2. The van der Waals surface area contributed by atoms with Gasteiger partial charge in [0.1, 0.15) is 0 Å². The molecule has 0 fully saturated rings. The second-order valence-electron chi connectivity index (χ2n) is 3.90. The van der Waals surface area contributed by atoms with Crippen molar-refractivity contribution in [3.8, 4) is 0 Å². The molecule has 0 aliphatic rings. The lowest BCUT2D eigenvalue weighted by Gasteiger charge is -2.12. The van der Waals surface area contributed by atoms with Crippen LogP contribution in [0.4, 0.5) is 0 Å². The standard InChI is InChI=1S/C12H24O2/c1-4-6-8-9-11(3)14-12(13)10-7-5-2/h11H,4-10H2,1-3H3/t11-/m1/s1. The summed E-state index contributed by atoms with van der Waals surface area (Å²) < 4.78 is 5.26. The first kappa shape index (κ1) is 13.5. The first-order valence-electron chi connectivity index (χ1n) is 5.90. The molecule has 0 saturated carbocycles. The van der Waals surface area contributed by atoms with Crippen LogP contribution in [0, 0.1) is 0 Å². The fourth-order valence-electron chi connectivity index (χ4n) is 1.35. The molecule has 0 aliphatic carbocycles. The Morgan fingerprint density at radius 1 is 1.14 bits per heavy atom. The second-order valence-corrected chi connectivity index (χ2v) is 3.90. The van der Waals surface area contributed by atoms with Crippen LogP contribution in [0.5, 0.6) is 0 Å². The zero-order valence-electron chi connectivity index (χ0n) is 9.84. The predicted octanol–water partition coefficient (Wildman–Crippen LogP) is 3.69. The zero-order valence-corrected chi connectivity index (χ0v) is 9.84. The van der Waals surface area contributed by atoms with E-state index < -0.39 is 0 Å². The number of hydrogen-bond donors (Lipinski definition) is 0. The van der Waals surface area contributed by atoms with Gasteiger partial charge in [-0.15, -0.1) is 0 Å². The summed E-state index contributed by atoms with van der Waals surface area (Å²) in [5, 5.41) is 0. The molecule has 0 spiro atoms. The minimum Gasteiger partial charge on any atom is -0.463 e. The van der Waals surface area contributed by atoms with E-state index in [1.165, 1.54) is 19.3 Å². The molecule has 2 nitrogen and oxygen atoms in total. The second kappa shape index (κ2) is 9.04. The summed E-state index contributed by atoms with van der Waals surface area (Å²) in [4.78, 5) is 11.2. The number of esters is 1. The monoisotopic (exact) mass is 200 g/mol. The van der Waals surface area contributed by atoms with Gasteiger partial charge in [-0.2, -0.15) is 0 Å². The highest BCUT2D eigenvalue weighted by molar-refractivity contribution is 5.69. The van der Waals surface area contributed by atoms with Crippen molar-refractivity contribution in [3.05, 3.63) is 0 Å². The van der Waals surface area contributed by atoms with E-state index in [0.717, 1.165) is 19.3 Å². The van der Waals surface area contributed by atoms with Gasteiger partial charge in [0.2, 0.25) is 0 Å². The van der Waals surface area contributed by atoms with Gasteiger partial charge >= 0.3 is 5.97 Å². The van der Waals surface area contributed by atoms with Crippen LogP contribution in [-0.2, 0) is 9.53 Å². The Balaban J connectivity index is 3.40. The van der Waals surface area contributed by atoms with Gasteiger partial charge in [0.15, 0.2) is 0 Å². The molecular formula is C12H24O2. The molecule has 14 heavy (non-hydrogen) atoms. The summed E-state index contributed by atoms with van der Waals surface area (Å²) in [5.74, 6) is -0.0316. The third kappa shape index (κ3) is 8.09. The van der Waals surface area contributed by atoms with Gasteiger partial charge in [-0.1, -0.05) is 33.1 Å². The number of rotatable bonds is 8. The van der Waals surface area contributed by atoms with Crippen LogP contribution in [0.25, 0.3) is 0 Å². The molecule has 0 saturated heterocycles. The third-order valence-corrected chi connectivity index (χ3v) is 2.28. The van der Waals surface area contributed by atoms with Crippen molar-refractivity contribution in [1.82, 2.24) is 0 Å². The van der Waals surface area contributed by atoms with Gasteiger partial charge in [0.05, 0.1) is 6.10 Å². The Morgan fingerprint density at radius 3 is 2.36 bits per heavy atom. The summed E-state index contributed by atoms with van der Waals surface area (Å²) in [7, 11) is 0. The Bertz CT molecular complexity index is 143. The van der Waals surface area contributed by atoms with Crippen molar-refractivity contribution in [2.75, 3.05) is 0 Å². The lowest BCUT2D eigenvalue weighted by molar-refractivity contribution is -0.148. The number of hydrogen-bond acceptors (Lipinski definition) is 2. The van der Waals surface area contributed by atoms with Crippen molar-refractivity contribution in [3.63, 3.8) is 0 Å². The highest BCUT2D eigenvalue weighted by Crippen LogP contribution is 2.08. The summed E-state index contributed by atoms with van der Waals surface area (Å²) in [6.45, 7) is 6.25. The lowest BCUT2D eigenvalue weighted by atomic mass is 10.1. The van der Waals surface area contributed by atoms with Crippen LogP contribution < -0.4 is 0 Å². The van der Waals surface area contributed by atoms with Crippen molar-refractivity contribution < 1.29 is 9.53 Å². The van der Waals surface area contributed by atoms with Crippen molar-refractivity contribution >= 4 is 5.97 Å². The van der Waals surface area contributed by atoms with Gasteiger partial charge < -0.3 is 4.74 Å². The number of carbonyl (C=O) groups excluding carboxylic acids is 1. The van der Waals surface area contributed by atoms with Crippen molar-refractivity contribution in [2.45, 2.75) is 71.8 Å². The highest BCUT2D eigenvalue weighted by atomic mass is 16.5. The Hall–Kier alpha value is -0.530. The molecule has 0 bridgehead atoms. The number of ether oxygens (including phenoxy) is 1. The van der Waals surface area contributed by atoms with Gasteiger partial charge in [-0.3, -0.25) is 4.79 Å². The van der Waals surface area contributed by atoms with Crippen LogP contribution in [0.15, 0.2) is 0 Å². The van der Waals surface area contributed by atoms with Gasteiger partial charge in [0.25, 0.3) is 0 Å². The fraction of sp³-hybridized carbons (Fsp3) is 0.917. The maximum Gasteiger partial charge on any atom is 0.306 e. The summed E-state index contributed by atoms with van der Waals surface area (Å²) in [5.41, 5.74) is 0. The maximum atomic E-state index is 11.2. The summed E-state index contributed by atoms with van der Waals surface area (Å²) >= 11 is 0. The highest BCUT2D eigenvalue weighted by Gasteiger charge is 2.07. The summed E-state index contributed by atoms with van der Waals surface area (Å²) in [6.07, 6.45) is 7.30. The molecule has 0 aromatic rings. The van der Waals surface area contributed by atoms with E-state index in [4.69, 9.17) is 4.74 Å². The van der Waals surface area contributed by atoms with E-state index in [2.05, 4.69) is 13.8 Å². The van der Waals surface area contributed by atoms with Crippen LogP contribution in [-0.4, -0.2) is 12.1 Å². The molecule has 0 radical (unpaired) electrons. The first-order chi connectivity index (χ1) is 6.70. The molecule has 0 rings (SSSR count). The van der Waals surface area contributed by atoms with Crippen LogP contribution in [0.2, 0.25) is 0 Å². The van der Waals surface area contributed by atoms with Gasteiger partial charge in [-0.25, -0.2) is 0 Å². The molecule has 2 heteroatoms. The lowest BCUT2D eigenvalue weighted by Crippen LogP contribution is -2.14. The zero-order chi connectivity index (χ0) is 10.8. The van der Waals surface area contributed by atoms with Gasteiger partial charge in [0, 0.05) is 6.42 Å². The quantitative estimate of drug-likeness (QED) is 0.441. The van der Waals surface area contributed by atoms with E-state index in [1.54, 1.807) is 0 Å². The van der Waals surface area contributed by atoms with Crippen LogP contribution in [0.1, 0.15) is 65.7 Å². The van der Waals surface area contributed by atoms with E-state index in [-0.39, 0.29) is 12.1 Å². The van der Waals surface area contributed by atoms with E-state index in [1.807, 2.05) is 6.92 Å². The Morgan fingerprint density at radius 2 is 1.79 bits per heavy atom. The van der Waals surface area contributed by atoms with Crippen LogP contribution in [0.3, 0.4) is 0 Å². The topological polar surface area (TPSA) is 26.3 Å². The minimum absolute atomic E-state index is 0.0316. The van der Waals surface area contributed by atoms with Crippen LogP contribution >= 0.6 is 0 Å².